The van der Waals surface area contributed by atoms with Gasteiger partial charge in [0.05, 0.1) is 18.8 Å². The van der Waals surface area contributed by atoms with Crippen LogP contribution >= 0.6 is 11.3 Å². The molecule has 3 N–H and O–H groups in total. The Bertz CT molecular complexity index is 1110. The Morgan fingerprint density at radius 1 is 1.03 bits per heavy atom. The van der Waals surface area contributed by atoms with E-state index in [0.717, 1.165) is 40.4 Å². The van der Waals surface area contributed by atoms with Gasteiger partial charge in [0.2, 0.25) is 5.91 Å². The summed E-state index contributed by atoms with van der Waals surface area (Å²) in [5.41, 5.74) is 3.63. The topological polar surface area (TPSA) is 109 Å². The van der Waals surface area contributed by atoms with E-state index in [0.29, 0.717) is 12.8 Å². The van der Waals surface area contributed by atoms with Crippen LogP contribution in [0.15, 0.2) is 60.0 Å². The van der Waals surface area contributed by atoms with Crippen molar-refractivity contribution >= 4 is 40.9 Å². The van der Waals surface area contributed by atoms with Gasteiger partial charge < -0.3 is 20.1 Å². The molecule has 0 spiro atoms. The van der Waals surface area contributed by atoms with Crippen molar-refractivity contribution in [3.63, 3.8) is 0 Å². The molecule has 3 aromatic rings. The van der Waals surface area contributed by atoms with Gasteiger partial charge in [0, 0.05) is 17.5 Å². The normalized spacial score (nSPS) is 12.4. The highest BCUT2D eigenvalue weighted by Crippen LogP contribution is 2.24. The smallest absolute Gasteiger partial charge is 0.407 e. The predicted molar refractivity (Wildman–Crippen MR) is 140 cm³/mol. The number of aromatic nitrogens is 1. The van der Waals surface area contributed by atoms with E-state index < -0.39 is 12.1 Å². The number of ether oxygens (including phenoxy) is 1. The van der Waals surface area contributed by atoms with Crippen LogP contribution in [0.4, 0.5) is 10.5 Å². The monoisotopic (exact) mass is 514 g/mol. The van der Waals surface area contributed by atoms with Crippen LogP contribution in [-0.2, 0) is 40.6 Å². The maximum Gasteiger partial charge on any atom is 0.407 e. The number of thiol groups is 1. The Balaban J connectivity index is 1.83. The van der Waals surface area contributed by atoms with Gasteiger partial charge in [-0.25, -0.2) is 14.0 Å². The summed E-state index contributed by atoms with van der Waals surface area (Å²) in [5, 5.41) is 8.58. The summed E-state index contributed by atoms with van der Waals surface area (Å²) in [4.78, 5) is 30.1. The second kappa shape index (κ2) is 13.6. The third-order valence-electron chi connectivity index (χ3n) is 5.34. The largest absolute Gasteiger partial charge is 0.453 e. The van der Waals surface area contributed by atoms with Gasteiger partial charge in [0.15, 0.2) is 0 Å². The van der Waals surface area contributed by atoms with Gasteiger partial charge in [-0.2, -0.15) is 0 Å². The average molecular weight is 515 g/mol. The highest BCUT2D eigenvalue weighted by Gasteiger charge is 2.26. The lowest BCUT2D eigenvalue weighted by Gasteiger charge is -2.22. The molecule has 0 saturated heterocycles. The Labute approximate surface area is 213 Å². The summed E-state index contributed by atoms with van der Waals surface area (Å²) in [5.74, 6) is -0.320. The maximum absolute atomic E-state index is 13.4. The molecule has 2 amide bonds. The van der Waals surface area contributed by atoms with E-state index in [-0.39, 0.29) is 23.8 Å². The van der Waals surface area contributed by atoms with Crippen LogP contribution in [0.2, 0.25) is 0 Å². The van der Waals surface area contributed by atoms with Crippen LogP contribution in [0.1, 0.15) is 41.2 Å². The molecule has 0 aliphatic carbocycles. The van der Waals surface area contributed by atoms with Gasteiger partial charge in [-0.1, -0.05) is 55.8 Å². The molecule has 2 atom stereocenters. The van der Waals surface area contributed by atoms with Crippen LogP contribution in [-0.4, -0.2) is 34.3 Å². The van der Waals surface area contributed by atoms with E-state index in [1.54, 1.807) is 0 Å². The summed E-state index contributed by atoms with van der Waals surface area (Å²) >= 11 is 1.34. The van der Waals surface area contributed by atoms with E-state index in [1.807, 2.05) is 60.0 Å². The van der Waals surface area contributed by atoms with E-state index in [2.05, 4.69) is 22.3 Å². The Kier molecular flexibility index (Phi) is 10.2. The standard InChI is InChI=1S/C25H30N4O4S2/c1-3-7-20-16-34-24(26-20)22(15-18-10-12-19(13-11-18)29-35-32)27-23(30)21(28-25(31)33-2)14-17-8-5-4-6-9-17/h4-6,8-13,16,21-22,35H,3,7,14-15H2,1-2H3,(H,27,30)(H,28,31)(H,29,32)/t21-,22-/m0/s1. The van der Waals surface area contributed by atoms with Gasteiger partial charge in [-0.15, -0.1) is 11.3 Å². The molecule has 0 unspecified atom stereocenters. The Morgan fingerprint density at radius 3 is 2.40 bits per heavy atom. The fraction of sp³-hybridized carbons (Fsp3) is 0.320. The van der Waals surface area contributed by atoms with Crippen LogP contribution in [0, 0.1) is 0 Å². The quantitative estimate of drug-likeness (QED) is 0.275. The number of rotatable bonds is 12. The number of hydrogen-bond acceptors (Lipinski definition) is 6. The van der Waals surface area contributed by atoms with Gasteiger partial charge in [-0.05, 0) is 36.1 Å². The number of amides is 2. The van der Waals surface area contributed by atoms with Crippen molar-refractivity contribution in [3.8, 4) is 0 Å². The third kappa shape index (κ3) is 8.18. The number of carbonyl (C=O) groups is 2. The molecular formula is C25H30N4O4S2. The summed E-state index contributed by atoms with van der Waals surface area (Å²) in [7, 11) is 1.27. The van der Waals surface area contributed by atoms with Crippen LogP contribution in [0.3, 0.4) is 0 Å². The number of hydrogen-bond donors (Lipinski definition) is 4. The average Bonchev–Trinajstić information content (AvgIpc) is 3.34. The van der Waals surface area contributed by atoms with Crippen LogP contribution in [0.5, 0.6) is 0 Å². The van der Waals surface area contributed by atoms with Crippen molar-refractivity contribution in [2.24, 2.45) is 0 Å². The number of carbonyl (C=O) groups excluding carboxylic acids is 2. The van der Waals surface area contributed by atoms with Crippen molar-refractivity contribution in [1.29, 1.82) is 0 Å². The molecule has 35 heavy (non-hydrogen) atoms. The zero-order valence-corrected chi connectivity index (χ0v) is 21.4. The van der Waals surface area contributed by atoms with Crippen molar-refractivity contribution in [3.05, 3.63) is 81.8 Å². The molecule has 10 heteroatoms. The third-order valence-corrected chi connectivity index (χ3v) is 6.69. The molecule has 3 rings (SSSR count). The number of anilines is 1. The molecule has 1 aromatic heterocycles. The lowest BCUT2D eigenvalue weighted by molar-refractivity contribution is -0.123. The fourth-order valence-electron chi connectivity index (χ4n) is 3.59. The van der Waals surface area contributed by atoms with E-state index in [9.17, 15) is 13.8 Å². The minimum absolute atomic E-state index is 0.168. The molecule has 2 aromatic carbocycles. The summed E-state index contributed by atoms with van der Waals surface area (Å²) in [6.45, 7) is 2.10. The Hall–Kier alpha value is -3.24. The SMILES string of the molecule is CCCc1csc([C@H](Cc2ccc(N[SH]=O)cc2)NC(=O)[C@H](Cc2ccccc2)NC(=O)OC)n1. The molecule has 0 radical (unpaired) electrons. The molecular weight excluding hydrogens is 484 g/mol. The summed E-state index contributed by atoms with van der Waals surface area (Å²) in [6.07, 6.45) is 2.01. The summed E-state index contributed by atoms with van der Waals surface area (Å²) < 4.78 is 18.2. The lowest BCUT2D eigenvalue weighted by Crippen LogP contribution is -2.49. The second-order valence-corrected chi connectivity index (χ2v) is 9.27. The number of nitrogens with one attached hydrogen (secondary N) is 3. The Morgan fingerprint density at radius 2 is 1.74 bits per heavy atom. The predicted octanol–water partition coefficient (Wildman–Crippen LogP) is 3.74. The zero-order valence-electron chi connectivity index (χ0n) is 19.7. The van der Waals surface area contributed by atoms with Gasteiger partial charge in [0.1, 0.15) is 22.9 Å². The number of methoxy groups -OCH3 is 1. The maximum atomic E-state index is 13.4. The molecule has 1 heterocycles. The molecule has 0 bridgehead atoms. The van der Waals surface area contributed by atoms with Gasteiger partial charge in [-0.3, -0.25) is 4.79 Å². The van der Waals surface area contributed by atoms with E-state index in [1.165, 1.54) is 18.4 Å². The van der Waals surface area contributed by atoms with Crippen LogP contribution < -0.4 is 15.4 Å². The van der Waals surface area contributed by atoms with Gasteiger partial charge >= 0.3 is 6.09 Å². The lowest BCUT2D eigenvalue weighted by atomic mass is 10.0. The van der Waals surface area contributed by atoms with Crippen molar-refractivity contribution in [2.75, 3.05) is 11.8 Å². The minimum Gasteiger partial charge on any atom is -0.453 e. The molecule has 0 saturated carbocycles. The molecule has 186 valence electrons. The number of aryl methyl sites for hydroxylation is 1. The molecule has 0 aliphatic heterocycles. The number of benzene rings is 2. The first-order valence-corrected chi connectivity index (χ1v) is 13.0. The first-order valence-electron chi connectivity index (χ1n) is 11.3. The molecule has 8 nitrogen and oxygen atoms in total. The number of nitrogens with zero attached hydrogens (tertiary/aromatic N) is 1. The van der Waals surface area contributed by atoms with E-state index in [4.69, 9.17) is 9.72 Å². The first-order chi connectivity index (χ1) is 17.0. The van der Waals surface area contributed by atoms with Crippen molar-refractivity contribution in [1.82, 2.24) is 15.6 Å². The highest BCUT2D eigenvalue weighted by atomic mass is 32.2. The van der Waals surface area contributed by atoms with Crippen molar-refractivity contribution < 1.29 is 18.5 Å². The zero-order chi connectivity index (χ0) is 25.0. The van der Waals surface area contributed by atoms with Gasteiger partial charge in [0.25, 0.3) is 0 Å². The molecule has 0 aliphatic rings. The molecule has 0 fully saturated rings. The second-order valence-electron chi connectivity index (χ2n) is 7.97. The minimum atomic E-state index is -0.815. The van der Waals surface area contributed by atoms with Crippen molar-refractivity contribution in [2.45, 2.75) is 44.7 Å². The van der Waals surface area contributed by atoms with Crippen LogP contribution in [0.25, 0.3) is 0 Å². The van der Waals surface area contributed by atoms with E-state index >= 15 is 0 Å². The number of alkyl carbamates (subject to hydrolysis) is 1. The fourth-order valence-corrected chi connectivity index (χ4v) is 4.75. The highest BCUT2D eigenvalue weighted by molar-refractivity contribution is 7.67. The first kappa shape index (κ1) is 26.4. The summed E-state index contributed by atoms with van der Waals surface area (Å²) in [6, 6.07) is 15.8. The number of thiazole rings is 1.